The zero-order chi connectivity index (χ0) is 27.2. The van der Waals surface area contributed by atoms with E-state index in [4.69, 9.17) is 9.26 Å². The van der Waals surface area contributed by atoms with E-state index in [-0.39, 0.29) is 60.2 Å². The highest BCUT2D eigenvalue weighted by molar-refractivity contribution is 7.89. The van der Waals surface area contributed by atoms with Gasteiger partial charge in [-0.25, -0.2) is 17.2 Å². The number of hydrogen-bond donors (Lipinski definition) is 1. The van der Waals surface area contributed by atoms with Gasteiger partial charge in [0, 0.05) is 43.6 Å². The zero-order valence-electron chi connectivity index (χ0n) is 22.4. The van der Waals surface area contributed by atoms with Crippen molar-refractivity contribution in [3.63, 3.8) is 0 Å². The van der Waals surface area contributed by atoms with E-state index >= 15 is 0 Å². The second kappa shape index (κ2) is 11.0. The van der Waals surface area contributed by atoms with Crippen molar-refractivity contribution in [2.75, 3.05) is 38.6 Å². The summed E-state index contributed by atoms with van der Waals surface area (Å²) in [5, 5.41) is 6.98. The molecule has 5 heterocycles. The molecule has 6 rings (SSSR count). The average molecular weight is 571 g/mol. The Hall–Kier alpha value is -1.63. The normalized spacial score (nSPS) is 31.3. The van der Waals surface area contributed by atoms with Crippen molar-refractivity contribution in [2.45, 2.75) is 94.2 Å². The van der Waals surface area contributed by atoms with E-state index in [9.17, 15) is 22.0 Å². The molecule has 1 aromatic rings. The van der Waals surface area contributed by atoms with Crippen LogP contribution in [0.4, 0.5) is 8.78 Å². The number of alkyl halides is 2. The largest absolute Gasteiger partial charge is 0.380 e. The Balaban J connectivity index is 0.971. The molecule has 1 aliphatic carbocycles. The summed E-state index contributed by atoms with van der Waals surface area (Å²) in [6.45, 7) is 3.69. The maximum absolute atomic E-state index is 13.5. The minimum Gasteiger partial charge on any atom is -0.380 e. The molecule has 1 amide bonds. The van der Waals surface area contributed by atoms with E-state index < -0.39 is 15.9 Å². The van der Waals surface area contributed by atoms with Crippen molar-refractivity contribution in [1.29, 1.82) is 0 Å². The number of aromatic nitrogens is 1. The number of amides is 1. The van der Waals surface area contributed by atoms with Crippen molar-refractivity contribution >= 4 is 15.9 Å². The lowest BCUT2D eigenvalue weighted by Crippen LogP contribution is -2.53. The monoisotopic (exact) mass is 570 g/mol. The fraction of sp³-hybridized carbons (Fsp3) is 0.852. The number of sulfonamides is 1. The minimum absolute atomic E-state index is 0.00746. The van der Waals surface area contributed by atoms with Gasteiger partial charge in [0.15, 0.2) is 5.69 Å². The number of halogens is 2. The fourth-order valence-electron chi connectivity index (χ4n) is 7.32. The standard InChI is InChI=1S/C27H40F2N4O5S/c28-27(29)7-3-18(4-8-27)14-32-9-5-19(6-10-32)17-39(35,36)33-22-1-2-23(33)12-21(11-22)30-26(34)24-13-25(38-31-24)20-15-37-16-20/h13,18-23H,1-12,14-17H2,(H,30,34)/t21?,22-,23+. The molecule has 1 saturated carbocycles. The number of nitrogens with zero attached hydrogens (tertiary/aromatic N) is 3. The highest BCUT2D eigenvalue weighted by Crippen LogP contribution is 2.40. The molecular formula is C27H40F2N4O5S. The van der Waals surface area contributed by atoms with Gasteiger partial charge in [-0.05, 0) is 76.3 Å². The van der Waals surface area contributed by atoms with Crippen LogP contribution in [0.2, 0.25) is 0 Å². The van der Waals surface area contributed by atoms with E-state index in [0.717, 1.165) is 45.3 Å². The molecule has 39 heavy (non-hydrogen) atoms. The third-order valence-corrected chi connectivity index (χ3v) is 11.8. The molecule has 4 saturated heterocycles. The van der Waals surface area contributed by atoms with Crippen molar-refractivity contribution < 1.29 is 31.3 Å². The molecule has 12 heteroatoms. The molecule has 2 bridgehead atoms. The highest BCUT2D eigenvalue weighted by atomic mass is 32.2. The van der Waals surface area contributed by atoms with Gasteiger partial charge >= 0.3 is 0 Å². The maximum atomic E-state index is 13.5. The van der Waals surface area contributed by atoms with E-state index in [2.05, 4.69) is 15.4 Å². The first-order valence-electron chi connectivity index (χ1n) is 14.6. The lowest BCUT2D eigenvalue weighted by atomic mass is 9.86. The van der Waals surface area contributed by atoms with Crippen LogP contribution in [0.15, 0.2) is 10.6 Å². The van der Waals surface area contributed by atoms with Crippen molar-refractivity contribution in [1.82, 2.24) is 19.7 Å². The van der Waals surface area contributed by atoms with Gasteiger partial charge in [-0.3, -0.25) is 4.79 Å². The topological polar surface area (TPSA) is 105 Å². The molecule has 5 aliphatic rings. The summed E-state index contributed by atoms with van der Waals surface area (Å²) >= 11 is 0. The predicted molar refractivity (Wildman–Crippen MR) is 139 cm³/mol. The third kappa shape index (κ3) is 6.18. The van der Waals surface area contributed by atoms with Crippen LogP contribution in [0.1, 0.15) is 86.4 Å². The quantitative estimate of drug-likeness (QED) is 0.511. The number of fused-ring (bicyclic) bond motifs is 2. The molecule has 0 spiro atoms. The number of likely N-dealkylation sites (tertiary alicyclic amines) is 1. The van der Waals surface area contributed by atoms with E-state index in [1.54, 1.807) is 10.4 Å². The molecule has 5 fully saturated rings. The van der Waals surface area contributed by atoms with Crippen LogP contribution in [0.5, 0.6) is 0 Å². The van der Waals surface area contributed by atoms with Gasteiger partial charge in [0.05, 0.1) is 24.9 Å². The molecule has 4 aliphatic heterocycles. The van der Waals surface area contributed by atoms with Gasteiger partial charge in [-0.2, -0.15) is 4.31 Å². The molecular weight excluding hydrogens is 530 g/mol. The molecule has 9 nitrogen and oxygen atoms in total. The Morgan fingerprint density at radius 2 is 1.69 bits per heavy atom. The summed E-state index contributed by atoms with van der Waals surface area (Å²) in [4.78, 5) is 15.1. The Morgan fingerprint density at radius 3 is 2.31 bits per heavy atom. The Morgan fingerprint density at radius 1 is 1.03 bits per heavy atom. The fourth-order valence-corrected chi connectivity index (χ4v) is 9.71. The Labute approximate surface area is 229 Å². The van der Waals surface area contributed by atoms with E-state index in [1.165, 1.54) is 0 Å². The summed E-state index contributed by atoms with van der Waals surface area (Å²) < 4.78 is 66.3. The maximum Gasteiger partial charge on any atom is 0.273 e. The highest BCUT2D eigenvalue weighted by Gasteiger charge is 2.47. The smallest absolute Gasteiger partial charge is 0.273 e. The summed E-state index contributed by atoms with van der Waals surface area (Å²) in [5.74, 6) is -1.33. The summed E-state index contributed by atoms with van der Waals surface area (Å²) in [6.07, 6.45) is 5.68. The van der Waals surface area contributed by atoms with Gasteiger partial charge in [0.1, 0.15) is 5.76 Å². The summed E-state index contributed by atoms with van der Waals surface area (Å²) in [6, 6.07) is 1.43. The van der Waals surface area contributed by atoms with Gasteiger partial charge in [0.25, 0.3) is 5.91 Å². The van der Waals surface area contributed by atoms with Crippen LogP contribution >= 0.6 is 0 Å². The Bertz CT molecular complexity index is 1110. The molecule has 1 aromatic heterocycles. The number of piperidine rings is 2. The first kappa shape index (κ1) is 27.5. The summed E-state index contributed by atoms with van der Waals surface area (Å²) in [7, 11) is -3.40. The van der Waals surface area contributed by atoms with Gasteiger partial charge in [-0.15, -0.1) is 0 Å². The van der Waals surface area contributed by atoms with Crippen LogP contribution < -0.4 is 5.32 Å². The van der Waals surface area contributed by atoms with Crippen molar-refractivity contribution in [2.24, 2.45) is 11.8 Å². The second-order valence-electron chi connectivity index (χ2n) is 12.5. The zero-order valence-corrected chi connectivity index (χ0v) is 23.2. The first-order chi connectivity index (χ1) is 18.6. The molecule has 0 radical (unpaired) electrons. The van der Waals surface area contributed by atoms with Crippen LogP contribution in [0.3, 0.4) is 0 Å². The van der Waals surface area contributed by atoms with Gasteiger partial charge in [-0.1, -0.05) is 5.16 Å². The van der Waals surface area contributed by atoms with Crippen molar-refractivity contribution in [3.8, 4) is 0 Å². The van der Waals surface area contributed by atoms with Crippen LogP contribution in [-0.2, 0) is 14.8 Å². The SMILES string of the molecule is O=C(NC1C[C@H]2CC[C@@H](C1)N2S(=O)(=O)CC1CCN(CC2CCC(F)(F)CC2)CC1)c1cc(C2COC2)on1. The molecule has 1 N–H and O–H groups in total. The van der Waals surface area contributed by atoms with Crippen LogP contribution in [-0.4, -0.2) is 91.3 Å². The molecule has 218 valence electrons. The minimum atomic E-state index is -3.40. The van der Waals surface area contributed by atoms with Gasteiger partial charge in [0.2, 0.25) is 15.9 Å². The summed E-state index contributed by atoms with van der Waals surface area (Å²) in [5.41, 5.74) is 0.257. The van der Waals surface area contributed by atoms with Gasteiger partial charge < -0.3 is 19.5 Å². The predicted octanol–water partition coefficient (Wildman–Crippen LogP) is 3.38. The lowest BCUT2D eigenvalue weighted by molar-refractivity contribution is -0.0495. The first-order valence-corrected chi connectivity index (χ1v) is 16.2. The molecule has 0 aromatic carbocycles. The number of hydrogen-bond acceptors (Lipinski definition) is 7. The number of rotatable bonds is 8. The third-order valence-electron chi connectivity index (χ3n) is 9.63. The Kier molecular flexibility index (Phi) is 7.75. The molecule has 3 atom stereocenters. The van der Waals surface area contributed by atoms with E-state index in [1.807, 2.05) is 0 Å². The number of nitrogens with one attached hydrogen (secondary N) is 1. The van der Waals surface area contributed by atoms with Crippen LogP contribution in [0, 0.1) is 11.8 Å². The number of carbonyl (C=O) groups excluding carboxylic acids is 1. The number of carbonyl (C=O) groups is 1. The van der Waals surface area contributed by atoms with E-state index in [0.29, 0.717) is 50.6 Å². The average Bonchev–Trinajstić information content (AvgIpc) is 3.44. The second-order valence-corrected chi connectivity index (χ2v) is 14.4. The van der Waals surface area contributed by atoms with Crippen LogP contribution in [0.25, 0.3) is 0 Å². The van der Waals surface area contributed by atoms with Crippen molar-refractivity contribution in [3.05, 3.63) is 17.5 Å². The lowest BCUT2D eigenvalue weighted by Gasteiger charge is -2.40. The number of ether oxygens (including phenoxy) is 1. The molecule has 1 unspecified atom stereocenters.